The third-order valence-electron chi connectivity index (χ3n) is 3.49. The van der Waals surface area contributed by atoms with Gasteiger partial charge in [0, 0.05) is 10.9 Å². The van der Waals surface area contributed by atoms with E-state index >= 15 is 0 Å². The molecule has 2 rings (SSSR count). The Balaban J connectivity index is 2.46. The van der Waals surface area contributed by atoms with Gasteiger partial charge in [-0.1, -0.05) is 38.5 Å². The average Bonchev–Trinajstić information content (AvgIpc) is 2.77. The number of carbonyl (C=O) groups is 1. The fourth-order valence-corrected chi connectivity index (χ4v) is 4.19. The zero-order valence-electron chi connectivity index (χ0n) is 12.0. The summed E-state index contributed by atoms with van der Waals surface area (Å²) in [4.78, 5) is 11.3. The van der Waals surface area contributed by atoms with E-state index in [0.29, 0.717) is 11.0 Å². The molecule has 0 radical (unpaired) electrons. The maximum absolute atomic E-state index is 12.3. The molecule has 0 aliphatic carbocycles. The lowest BCUT2D eigenvalue weighted by atomic mass is 10.1. The molecule has 1 heterocycles. The molecule has 5 nitrogen and oxygen atoms in total. The Labute approximate surface area is 123 Å². The summed E-state index contributed by atoms with van der Waals surface area (Å²) in [6.45, 7) is 3.79. The Morgan fingerprint density at radius 2 is 2.00 bits per heavy atom. The molecule has 1 aromatic carbocycles. The van der Waals surface area contributed by atoms with Gasteiger partial charge in [0.05, 0.1) is 11.5 Å². The minimum absolute atomic E-state index is 0.0430. The predicted molar refractivity (Wildman–Crippen MR) is 80.1 cm³/mol. The monoisotopic (exact) mass is 310 g/mol. The van der Waals surface area contributed by atoms with Gasteiger partial charge in [0.15, 0.2) is 9.84 Å². The van der Waals surface area contributed by atoms with E-state index in [0.717, 1.165) is 6.42 Å². The molecule has 1 atom stereocenters. The van der Waals surface area contributed by atoms with Crippen molar-refractivity contribution in [3.05, 3.63) is 35.6 Å². The van der Waals surface area contributed by atoms with Crippen molar-refractivity contribution in [3.8, 4) is 0 Å². The van der Waals surface area contributed by atoms with Gasteiger partial charge in [0.25, 0.3) is 0 Å². The molecule has 0 fully saturated rings. The van der Waals surface area contributed by atoms with Crippen molar-refractivity contribution in [2.75, 3.05) is 5.75 Å². The number of carboxylic acid groups (broad SMARTS) is 1. The Bertz CT molecular complexity index is 757. The minimum atomic E-state index is -3.39. The van der Waals surface area contributed by atoms with E-state index in [9.17, 15) is 18.3 Å². The summed E-state index contributed by atoms with van der Waals surface area (Å²) in [6, 6.07) is 6.76. The molecule has 0 aliphatic rings. The summed E-state index contributed by atoms with van der Waals surface area (Å²) >= 11 is 0. The molecule has 0 amide bonds. The fourth-order valence-electron chi connectivity index (χ4n) is 2.25. The highest BCUT2D eigenvalue weighted by molar-refractivity contribution is 7.90. The molecule has 21 heavy (non-hydrogen) atoms. The highest BCUT2D eigenvalue weighted by Crippen LogP contribution is 2.28. The van der Waals surface area contributed by atoms with Crippen molar-refractivity contribution in [3.63, 3.8) is 0 Å². The number of hydrogen-bond donors (Lipinski definition) is 1. The number of furan rings is 1. The normalized spacial score (nSPS) is 13.4. The van der Waals surface area contributed by atoms with Crippen molar-refractivity contribution in [2.45, 2.75) is 26.0 Å². The van der Waals surface area contributed by atoms with E-state index in [4.69, 9.17) is 4.42 Å². The van der Waals surface area contributed by atoms with Crippen LogP contribution in [0.15, 0.2) is 28.7 Å². The smallest absolute Gasteiger partial charge is 0.372 e. The largest absolute Gasteiger partial charge is 0.475 e. The first-order valence-electron chi connectivity index (χ1n) is 6.78. The molecular formula is C15H18O5S. The van der Waals surface area contributed by atoms with Gasteiger partial charge in [-0.3, -0.25) is 0 Å². The summed E-state index contributed by atoms with van der Waals surface area (Å²) in [6.07, 6.45) is 0.761. The zero-order valence-corrected chi connectivity index (χ0v) is 12.8. The first kappa shape index (κ1) is 15.6. The second-order valence-electron chi connectivity index (χ2n) is 5.28. The van der Waals surface area contributed by atoms with Crippen LogP contribution < -0.4 is 0 Å². The van der Waals surface area contributed by atoms with Crippen LogP contribution in [0.3, 0.4) is 0 Å². The van der Waals surface area contributed by atoms with Crippen molar-refractivity contribution >= 4 is 26.8 Å². The number of rotatable bonds is 6. The van der Waals surface area contributed by atoms with E-state index in [-0.39, 0.29) is 28.7 Å². The lowest BCUT2D eigenvalue weighted by molar-refractivity contribution is 0.0664. The van der Waals surface area contributed by atoms with E-state index in [1.165, 1.54) is 0 Å². The van der Waals surface area contributed by atoms with Gasteiger partial charge >= 0.3 is 5.97 Å². The lowest BCUT2D eigenvalue weighted by Crippen LogP contribution is -2.16. The summed E-state index contributed by atoms with van der Waals surface area (Å²) in [5.41, 5.74) is 0.630. The van der Waals surface area contributed by atoms with Gasteiger partial charge in [0.2, 0.25) is 5.76 Å². The Hall–Kier alpha value is -1.82. The van der Waals surface area contributed by atoms with Crippen molar-refractivity contribution in [1.29, 1.82) is 0 Å². The number of aromatic carboxylic acids is 1. The van der Waals surface area contributed by atoms with Gasteiger partial charge in [-0.15, -0.1) is 0 Å². The number of fused-ring (bicyclic) bond motifs is 1. The molecule has 1 aromatic heterocycles. The summed E-state index contributed by atoms with van der Waals surface area (Å²) in [7, 11) is -3.39. The van der Waals surface area contributed by atoms with E-state index in [1.807, 2.05) is 13.8 Å². The maximum Gasteiger partial charge on any atom is 0.372 e. The average molecular weight is 310 g/mol. The van der Waals surface area contributed by atoms with Crippen molar-refractivity contribution in [1.82, 2.24) is 0 Å². The number of para-hydroxylation sites is 1. The molecule has 6 heteroatoms. The Kier molecular flexibility index (Phi) is 4.37. The van der Waals surface area contributed by atoms with Gasteiger partial charge in [-0.05, 0) is 12.0 Å². The second-order valence-corrected chi connectivity index (χ2v) is 7.39. The first-order valence-corrected chi connectivity index (χ1v) is 8.60. The van der Waals surface area contributed by atoms with Crippen LogP contribution in [0.4, 0.5) is 0 Å². The van der Waals surface area contributed by atoms with Gasteiger partial charge in [-0.25, -0.2) is 13.2 Å². The number of carboxylic acids is 1. The first-order chi connectivity index (χ1) is 9.84. The number of hydrogen-bond acceptors (Lipinski definition) is 4. The van der Waals surface area contributed by atoms with E-state index in [1.54, 1.807) is 24.3 Å². The topological polar surface area (TPSA) is 84.6 Å². The fraction of sp³-hybridized carbons (Fsp3) is 0.400. The maximum atomic E-state index is 12.3. The van der Waals surface area contributed by atoms with Crippen LogP contribution in [0.25, 0.3) is 11.0 Å². The molecule has 0 bridgehead atoms. The van der Waals surface area contributed by atoms with Crippen LogP contribution in [-0.4, -0.2) is 25.2 Å². The molecule has 0 aliphatic heterocycles. The minimum Gasteiger partial charge on any atom is -0.475 e. The standard InChI is InChI=1S/C15H18O5S/c1-3-10(2)8-21(18,19)9-12-11-6-4-5-7-13(11)20-14(12)15(16)17/h4-7,10H,3,8-9H2,1-2H3,(H,16,17). The van der Waals surface area contributed by atoms with Crippen LogP contribution in [0, 0.1) is 5.92 Å². The van der Waals surface area contributed by atoms with Gasteiger partial charge in [0.1, 0.15) is 5.58 Å². The highest BCUT2D eigenvalue weighted by Gasteiger charge is 2.25. The summed E-state index contributed by atoms with van der Waals surface area (Å²) < 4.78 is 29.8. The number of benzene rings is 1. The number of sulfone groups is 1. The summed E-state index contributed by atoms with van der Waals surface area (Å²) in [5.74, 6) is -1.76. The van der Waals surface area contributed by atoms with Crippen LogP contribution >= 0.6 is 0 Å². The van der Waals surface area contributed by atoms with Crippen LogP contribution in [0.2, 0.25) is 0 Å². The molecule has 114 valence electrons. The molecule has 0 saturated heterocycles. The molecule has 0 saturated carbocycles. The third-order valence-corrected chi connectivity index (χ3v) is 5.30. The van der Waals surface area contributed by atoms with E-state index in [2.05, 4.69) is 0 Å². The highest BCUT2D eigenvalue weighted by atomic mass is 32.2. The molecule has 0 spiro atoms. The molecule has 1 N–H and O–H groups in total. The van der Waals surface area contributed by atoms with E-state index < -0.39 is 15.8 Å². The Morgan fingerprint density at radius 3 is 2.62 bits per heavy atom. The third kappa shape index (κ3) is 3.44. The van der Waals surface area contributed by atoms with Crippen LogP contribution in [0.5, 0.6) is 0 Å². The molecule has 2 aromatic rings. The van der Waals surface area contributed by atoms with Crippen LogP contribution in [0.1, 0.15) is 36.4 Å². The second kappa shape index (κ2) is 5.89. The zero-order chi connectivity index (χ0) is 15.6. The predicted octanol–water partition coefficient (Wildman–Crippen LogP) is 3.09. The molecule has 1 unspecified atom stereocenters. The quantitative estimate of drug-likeness (QED) is 0.886. The van der Waals surface area contributed by atoms with Crippen molar-refractivity contribution in [2.24, 2.45) is 5.92 Å². The van der Waals surface area contributed by atoms with Gasteiger partial charge in [-0.2, -0.15) is 0 Å². The lowest BCUT2D eigenvalue weighted by Gasteiger charge is -2.09. The van der Waals surface area contributed by atoms with Gasteiger partial charge < -0.3 is 9.52 Å². The Morgan fingerprint density at radius 1 is 1.33 bits per heavy atom. The SMILES string of the molecule is CCC(C)CS(=O)(=O)Cc1c(C(=O)O)oc2ccccc12. The summed E-state index contributed by atoms with van der Waals surface area (Å²) in [5, 5.41) is 9.75. The van der Waals surface area contributed by atoms with Crippen LogP contribution in [-0.2, 0) is 15.6 Å². The van der Waals surface area contributed by atoms with Crippen molar-refractivity contribution < 1.29 is 22.7 Å². The molecular weight excluding hydrogens is 292 g/mol.